The Morgan fingerprint density at radius 3 is 3.00 bits per heavy atom. The minimum Gasteiger partial charge on any atom is -0.314 e. The van der Waals surface area contributed by atoms with E-state index in [-0.39, 0.29) is 0 Å². The molecule has 0 amide bonds. The molecule has 1 N–H and O–H groups in total. The van der Waals surface area contributed by atoms with Crippen LogP contribution in [0.4, 0.5) is 0 Å². The molecule has 1 aliphatic rings. The molecule has 1 rings (SSSR count). The third kappa shape index (κ3) is 4.02. The number of hydrogen-bond donors (Lipinski definition) is 1. The smallest absolute Gasteiger partial charge is 0.0622 e. The van der Waals surface area contributed by atoms with Gasteiger partial charge in [-0.3, -0.25) is 0 Å². The first-order valence-electron chi connectivity index (χ1n) is 5.00. The lowest BCUT2D eigenvalue weighted by atomic mass is 10.2. The fourth-order valence-electron chi connectivity index (χ4n) is 1.81. The third-order valence-corrected chi connectivity index (χ3v) is 3.71. The lowest BCUT2D eigenvalue weighted by molar-refractivity contribution is 0.518. The molecule has 74 valence electrons. The summed E-state index contributed by atoms with van der Waals surface area (Å²) in [5, 5.41) is 12.7. The Bertz CT molecular complexity index is 176. The maximum absolute atomic E-state index is 8.36. The average Bonchev–Trinajstić information content (AvgIpc) is 2.60. The van der Waals surface area contributed by atoms with E-state index in [1.165, 1.54) is 19.3 Å². The van der Waals surface area contributed by atoms with Gasteiger partial charge in [0, 0.05) is 17.7 Å². The Morgan fingerprint density at radius 1 is 1.54 bits per heavy atom. The van der Waals surface area contributed by atoms with Crippen molar-refractivity contribution >= 4 is 11.8 Å². The molecule has 0 bridgehead atoms. The molecule has 3 heteroatoms. The zero-order valence-electron chi connectivity index (χ0n) is 8.25. The highest BCUT2D eigenvalue weighted by molar-refractivity contribution is 7.99. The molecule has 2 nitrogen and oxygen atoms in total. The molecule has 1 fully saturated rings. The molecule has 13 heavy (non-hydrogen) atoms. The predicted octanol–water partition coefficient (Wildman–Crippen LogP) is 2.16. The van der Waals surface area contributed by atoms with E-state index in [0.29, 0.717) is 6.42 Å². The van der Waals surface area contributed by atoms with E-state index in [4.69, 9.17) is 5.26 Å². The summed E-state index contributed by atoms with van der Waals surface area (Å²) in [6.45, 7) is 1.01. The third-order valence-electron chi connectivity index (χ3n) is 2.62. The largest absolute Gasteiger partial charge is 0.314 e. The summed E-state index contributed by atoms with van der Waals surface area (Å²) in [6.07, 6.45) is 7.87. The summed E-state index contributed by atoms with van der Waals surface area (Å²) < 4.78 is 0. The Hall–Kier alpha value is -0.200. The molecule has 0 aromatic rings. The molecule has 0 saturated heterocycles. The number of nitrogens with zero attached hydrogens (tertiary/aromatic N) is 1. The van der Waals surface area contributed by atoms with E-state index in [2.05, 4.69) is 17.6 Å². The fraction of sp³-hybridized carbons (Fsp3) is 0.900. The summed E-state index contributed by atoms with van der Waals surface area (Å²) in [7, 11) is 0. The van der Waals surface area contributed by atoms with E-state index < -0.39 is 0 Å². The van der Waals surface area contributed by atoms with Crippen LogP contribution in [0.25, 0.3) is 0 Å². The Labute approximate surface area is 85.1 Å². The number of thioether (sulfide) groups is 1. The van der Waals surface area contributed by atoms with Crippen LogP contribution >= 0.6 is 11.8 Å². The van der Waals surface area contributed by atoms with Crippen LogP contribution in [0.1, 0.15) is 32.1 Å². The molecule has 1 aliphatic carbocycles. The van der Waals surface area contributed by atoms with Crippen LogP contribution in [0.15, 0.2) is 0 Å². The van der Waals surface area contributed by atoms with Gasteiger partial charge in [0.25, 0.3) is 0 Å². The van der Waals surface area contributed by atoms with Crippen molar-refractivity contribution in [1.29, 1.82) is 5.26 Å². The predicted molar refractivity (Wildman–Crippen MR) is 57.8 cm³/mol. The van der Waals surface area contributed by atoms with Gasteiger partial charge in [-0.15, -0.1) is 0 Å². The van der Waals surface area contributed by atoms with Crippen molar-refractivity contribution in [3.05, 3.63) is 0 Å². The molecule has 2 unspecified atom stereocenters. The van der Waals surface area contributed by atoms with Crippen LogP contribution in [-0.2, 0) is 0 Å². The minimum atomic E-state index is 0.686. The van der Waals surface area contributed by atoms with Crippen LogP contribution in [-0.4, -0.2) is 24.1 Å². The van der Waals surface area contributed by atoms with Crippen LogP contribution in [0.2, 0.25) is 0 Å². The molecular weight excluding hydrogens is 180 g/mol. The fourth-order valence-corrected chi connectivity index (χ4v) is 2.61. The summed E-state index contributed by atoms with van der Waals surface area (Å²) >= 11 is 1.99. The van der Waals surface area contributed by atoms with Crippen molar-refractivity contribution in [3.8, 4) is 6.07 Å². The van der Waals surface area contributed by atoms with E-state index in [0.717, 1.165) is 24.3 Å². The molecule has 0 aliphatic heterocycles. The van der Waals surface area contributed by atoms with Gasteiger partial charge in [-0.05, 0) is 38.5 Å². The van der Waals surface area contributed by atoms with Gasteiger partial charge in [0.15, 0.2) is 0 Å². The average molecular weight is 198 g/mol. The highest BCUT2D eigenvalue weighted by Crippen LogP contribution is 2.27. The Kier molecular flexibility index (Phi) is 5.26. The standard InChI is InChI=1S/C10H18N2S/c1-13-10-5-4-9(8-10)12-7-3-2-6-11/h9-10,12H,2-5,7-8H2,1H3. The summed E-state index contributed by atoms with van der Waals surface area (Å²) in [6, 6.07) is 2.89. The van der Waals surface area contributed by atoms with E-state index >= 15 is 0 Å². The first-order valence-corrected chi connectivity index (χ1v) is 6.28. The lowest BCUT2D eigenvalue weighted by Gasteiger charge is -2.11. The highest BCUT2D eigenvalue weighted by atomic mass is 32.2. The highest BCUT2D eigenvalue weighted by Gasteiger charge is 2.22. The number of nitriles is 1. The van der Waals surface area contributed by atoms with E-state index in [1.54, 1.807) is 0 Å². The van der Waals surface area contributed by atoms with Gasteiger partial charge in [-0.2, -0.15) is 17.0 Å². The van der Waals surface area contributed by atoms with Crippen molar-refractivity contribution in [2.75, 3.05) is 12.8 Å². The lowest BCUT2D eigenvalue weighted by Crippen LogP contribution is -2.27. The van der Waals surface area contributed by atoms with Crippen LogP contribution in [0.3, 0.4) is 0 Å². The molecule has 0 aromatic heterocycles. The van der Waals surface area contributed by atoms with Gasteiger partial charge >= 0.3 is 0 Å². The first kappa shape index (κ1) is 10.9. The molecule has 0 spiro atoms. The maximum Gasteiger partial charge on any atom is 0.0622 e. The molecule has 1 saturated carbocycles. The monoisotopic (exact) mass is 198 g/mol. The van der Waals surface area contributed by atoms with Crippen molar-refractivity contribution < 1.29 is 0 Å². The van der Waals surface area contributed by atoms with Gasteiger partial charge in [0.2, 0.25) is 0 Å². The molecule has 2 atom stereocenters. The topological polar surface area (TPSA) is 35.8 Å². The van der Waals surface area contributed by atoms with Gasteiger partial charge in [-0.1, -0.05) is 0 Å². The second kappa shape index (κ2) is 6.28. The van der Waals surface area contributed by atoms with Gasteiger partial charge < -0.3 is 5.32 Å². The van der Waals surface area contributed by atoms with Crippen molar-refractivity contribution in [2.45, 2.75) is 43.4 Å². The second-order valence-electron chi connectivity index (χ2n) is 3.58. The van der Waals surface area contributed by atoms with Crippen molar-refractivity contribution in [2.24, 2.45) is 0 Å². The second-order valence-corrected chi connectivity index (χ2v) is 4.72. The summed E-state index contributed by atoms with van der Waals surface area (Å²) in [5.41, 5.74) is 0. The van der Waals surface area contributed by atoms with Gasteiger partial charge in [0.1, 0.15) is 0 Å². The number of nitrogens with one attached hydrogen (secondary N) is 1. The van der Waals surface area contributed by atoms with Crippen molar-refractivity contribution in [1.82, 2.24) is 5.32 Å². The van der Waals surface area contributed by atoms with Gasteiger partial charge in [0.05, 0.1) is 6.07 Å². The zero-order chi connectivity index (χ0) is 9.52. The van der Waals surface area contributed by atoms with Crippen LogP contribution < -0.4 is 5.32 Å². The normalized spacial score (nSPS) is 27.4. The summed E-state index contributed by atoms with van der Waals surface area (Å²) in [4.78, 5) is 0. The summed E-state index contributed by atoms with van der Waals surface area (Å²) in [5.74, 6) is 0. The van der Waals surface area contributed by atoms with Crippen LogP contribution in [0, 0.1) is 11.3 Å². The molecular formula is C10H18N2S. The molecule has 0 aromatic carbocycles. The number of hydrogen-bond acceptors (Lipinski definition) is 3. The molecule has 0 radical (unpaired) electrons. The number of unbranched alkanes of at least 4 members (excludes halogenated alkanes) is 1. The maximum atomic E-state index is 8.36. The van der Waals surface area contributed by atoms with Crippen molar-refractivity contribution in [3.63, 3.8) is 0 Å². The number of rotatable bonds is 5. The zero-order valence-corrected chi connectivity index (χ0v) is 9.07. The van der Waals surface area contributed by atoms with E-state index in [1.807, 2.05) is 11.8 Å². The SMILES string of the molecule is CSC1CCC(NCCCC#N)C1. The Balaban J connectivity index is 2.01. The van der Waals surface area contributed by atoms with E-state index in [9.17, 15) is 0 Å². The Morgan fingerprint density at radius 2 is 2.38 bits per heavy atom. The minimum absolute atomic E-state index is 0.686. The van der Waals surface area contributed by atoms with Gasteiger partial charge in [-0.25, -0.2) is 0 Å². The molecule has 0 heterocycles. The quantitative estimate of drug-likeness (QED) is 0.688. The first-order chi connectivity index (χ1) is 6.36. The van der Waals surface area contributed by atoms with Crippen LogP contribution in [0.5, 0.6) is 0 Å².